The van der Waals surface area contributed by atoms with Gasteiger partial charge in [-0.05, 0) is 35.8 Å². The number of halogens is 1. The van der Waals surface area contributed by atoms with E-state index in [1.165, 1.54) is 36.3 Å². The molecule has 4 heteroatoms. The molecule has 3 nitrogen and oxygen atoms in total. The molecule has 3 rings (SSSR count). The highest BCUT2D eigenvalue weighted by molar-refractivity contribution is 5.85. The second-order valence-electron chi connectivity index (χ2n) is 9.44. The van der Waals surface area contributed by atoms with Crippen LogP contribution in [0.5, 0.6) is 5.75 Å². The number of aryl methyl sites for hydroxylation is 1. The molecule has 0 aliphatic carbocycles. The van der Waals surface area contributed by atoms with Crippen LogP contribution in [0.4, 0.5) is 0 Å². The van der Waals surface area contributed by atoms with E-state index < -0.39 is 0 Å². The first-order valence-electron chi connectivity index (χ1n) is 9.52. The molecular formula is C22H33ClN2O. The molecular weight excluding hydrogens is 344 g/mol. The molecule has 0 saturated carbocycles. The number of hydrogen-bond acceptors (Lipinski definition) is 2. The number of imidazole rings is 1. The highest BCUT2D eigenvalue weighted by Gasteiger charge is 2.27. The Bertz CT molecular complexity index is 743. The standard InChI is InChI=1S/C22H32N2O.ClH/c1-21(2,3)16-12-15(13-17(20(16)25)22(4,5)6)18-14-23-19-10-8-7-9-11-24(18)19;/h12-14,25H,7-11H2,1-6H3;1H. The second-order valence-corrected chi connectivity index (χ2v) is 9.44. The van der Waals surface area contributed by atoms with E-state index in [0.717, 1.165) is 24.1 Å². The third-order valence-corrected chi connectivity index (χ3v) is 5.24. The van der Waals surface area contributed by atoms with Crippen LogP contribution in [0.15, 0.2) is 18.3 Å². The van der Waals surface area contributed by atoms with E-state index in [2.05, 4.69) is 58.2 Å². The SMILES string of the molecule is CC(C)(C)c1cc(-c2cnc3n2CCCCC3)cc(C(C)(C)C)c1O.Cl. The molecule has 0 atom stereocenters. The Morgan fingerprint density at radius 2 is 1.50 bits per heavy atom. The molecule has 1 aromatic heterocycles. The molecule has 0 bridgehead atoms. The number of aromatic nitrogens is 2. The van der Waals surface area contributed by atoms with E-state index in [0.29, 0.717) is 5.75 Å². The normalized spacial score (nSPS) is 15.2. The molecule has 0 saturated heterocycles. The Balaban J connectivity index is 0.00000243. The molecule has 0 fully saturated rings. The van der Waals surface area contributed by atoms with Crippen LogP contribution >= 0.6 is 12.4 Å². The Morgan fingerprint density at radius 1 is 0.923 bits per heavy atom. The summed E-state index contributed by atoms with van der Waals surface area (Å²) >= 11 is 0. The van der Waals surface area contributed by atoms with Crippen molar-refractivity contribution in [3.63, 3.8) is 0 Å². The van der Waals surface area contributed by atoms with E-state index >= 15 is 0 Å². The summed E-state index contributed by atoms with van der Waals surface area (Å²) in [6, 6.07) is 4.33. The van der Waals surface area contributed by atoms with E-state index in [-0.39, 0.29) is 23.2 Å². The fourth-order valence-electron chi connectivity index (χ4n) is 3.75. The van der Waals surface area contributed by atoms with Gasteiger partial charge in [0, 0.05) is 29.7 Å². The van der Waals surface area contributed by atoms with Crippen molar-refractivity contribution in [1.29, 1.82) is 0 Å². The zero-order valence-corrected chi connectivity index (χ0v) is 17.8. The maximum Gasteiger partial charge on any atom is 0.123 e. The summed E-state index contributed by atoms with van der Waals surface area (Å²) in [7, 11) is 0. The lowest BCUT2D eigenvalue weighted by atomic mass is 9.78. The monoisotopic (exact) mass is 376 g/mol. The molecule has 0 radical (unpaired) electrons. The van der Waals surface area contributed by atoms with Crippen molar-refractivity contribution in [3.8, 4) is 17.0 Å². The second kappa shape index (κ2) is 7.26. The minimum Gasteiger partial charge on any atom is -0.507 e. The molecule has 0 spiro atoms. The average Bonchev–Trinajstić information content (AvgIpc) is 2.74. The molecule has 1 aromatic carbocycles. The largest absolute Gasteiger partial charge is 0.507 e. The Labute approximate surface area is 164 Å². The first-order valence-corrected chi connectivity index (χ1v) is 9.52. The summed E-state index contributed by atoms with van der Waals surface area (Å²) < 4.78 is 2.39. The van der Waals surface area contributed by atoms with Gasteiger partial charge in [0.1, 0.15) is 11.6 Å². The lowest BCUT2D eigenvalue weighted by molar-refractivity contribution is 0.423. The average molecular weight is 377 g/mol. The van der Waals surface area contributed by atoms with Crippen molar-refractivity contribution < 1.29 is 5.11 Å². The number of aromatic hydroxyl groups is 1. The van der Waals surface area contributed by atoms with Crippen LogP contribution in [0.3, 0.4) is 0 Å². The molecule has 144 valence electrons. The third-order valence-electron chi connectivity index (χ3n) is 5.24. The highest BCUT2D eigenvalue weighted by Crippen LogP contribution is 2.42. The van der Waals surface area contributed by atoms with E-state index in [9.17, 15) is 5.11 Å². The summed E-state index contributed by atoms with van der Waals surface area (Å²) in [5, 5.41) is 10.9. The molecule has 0 unspecified atom stereocenters. The van der Waals surface area contributed by atoms with Crippen molar-refractivity contribution in [2.24, 2.45) is 0 Å². The number of fused-ring (bicyclic) bond motifs is 1. The fraction of sp³-hybridized carbons (Fsp3) is 0.591. The fourth-order valence-corrected chi connectivity index (χ4v) is 3.75. The number of benzene rings is 1. The summed E-state index contributed by atoms with van der Waals surface area (Å²) in [4.78, 5) is 4.70. The van der Waals surface area contributed by atoms with Gasteiger partial charge in [-0.25, -0.2) is 4.98 Å². The molecule has 0 amide bonds. The number of phenols is 1. The summed E-state index contributed by atoms with van der Waals surface area (Å²) in [6.45, 7) is 14.0. The van der Waals surface area contributed by atoms with Gasteiger partial charge >= 0.3 is 0 Å². The maximum absolute atomic E-state index is 10.9. The lowest BCUT2D eigenvalue weighted by Crippen LogP contribution is -2.17. The first kappa shape index (κ1) is 20.8. The van der Waals surface area contributed by atoms with Crippen molar-refractivity contribution in [3.05, 3.63) is 35.3 Å². The van der Waals surface area contributed by atoms with Gasteiger partial charge in [0.2, 0.25) is 0 Å². The first-order chi connectivity index (χ1) is 11.6. The zero-order valence-electron chi connectivity index (χ0n) is 17.0. The number of phenolic OH excluding ortho intramolecular Hbond substituents is 1. The van der Waals surface area contributed by atoms with Crippen molar-refractivity contribution in [2.45, 2.75) is 84.6 Å². The van der Waals surface area contributed by atoms with Crippen molar-refractivity contribution >= 4 is 12.4 Å². The quantitative estimate of drug-likeness (QED) is 0.662. The smallest absolute Gasteiger partial charge is 0.123 e. The summed E-state index contributed by atoms with van der Waals surface area (Å²) in [5.74, 6) is 1.65. The predicted molar refractivity (Wildman–Crippen MR) is 112 cm³/mol. The van der Waals surface area contributed by atoms with Crippen LogP contribution < -0.4 is 0 Å². The Hall–Kier alpha value is -1.48. The summed E-state index contributed by atoms with van der Waals surface area (Å²) in [6.07, 6.45) is 6.81. The number of hydrogen-bond donors (Lipinski definition) is 1. The van der Waals surface area contributed by atoms with Crippen molar-refractivity contribution in [2.75, 3.05) is 0 Å². The van der Waals surface area contributed by atoms with Crippen molar-refractivity contribution in [1.82, 2.24) is 9.55 Å². The molecule has 1 N–H and O–H groups in total. The molecule has 2 aromatic rings. The van der Waals surface area contributed by atoms with Gasteiger partial charge < -0.3 is 9.67 Å². The van der Waals surface area contributed by atoms with Gasteiger partial charge in [0.25, 0.3) is 0 Å². The molecule has 1 aliphatic rings. The Morgan fingerprint density at radius 3 is 2.04 bits per heavy atom. The van der Waals surface area contributed by atoms with E-state index in [1.807, 2.05) is 6.20 Å². The molecule has 1 aliphatic heterocycles. The highest BCUT2D eigenvalue weighted by atomic mass is 35.5. The Kier molecular flexibility index (Phi) is 5.82. The van der Waals surface area contributed by atoms with Crippen LogP contribution in [0.2, 0.25) is 0 Å². The van der Waals surface area contributed by atoms with Crippen LogP contribution in [-0.2, 0) is 23.8 Å². The molecule has 2 heterocycles. The minimum atomic E-state index is -0.109. The van der Waals surface area contributed by atoms with Gasteiger partial charge in [0.15, 0.2) is 0 Å². The van der Waals surface area contributed by atoms with Gasteiger partial charge in [0.05, 0.1) is 11.9 Å². The summed E-state index contributed by atoms with van der Waals surface area (Å²) in [5.41, 5.74) is 4.17. The maximum atomic E-state index is 10.9. The molecule has 26 heavy (non-hydrogen) atoms. The van der Waals surface area contributed by atoms with Gasteiger partial charge in [-0.3, -0.25) is 0 Å². The van der Waals surface area contributed by atoms with Crippen LogP contribution in [0.1, 0.15) is 77.8 Å². The topological polar surface area (TPSA) is 38.0 Å². The van der Waals surface area contributed by atoms with E-state index in [1.54, 1.807) is 0 Å². The number of nitrogens with zero attached hydrogens (tertiary/aromatic N) is 2. The minimum absolute atomic E-state index is 0. The van der Waals surface area contributed by atoms with Gasteiger partial charge in [-0.2, -0.15) is 0 Å². The van der Waals surface area contributed by atoms with Gasteiger partial charge in [-0.15, -0.1) is 12.4 Å². The van der Waals surface area contributed by atoms with Crippen LogP contribution in [0, 0.1) is 0 Å². The van der Waals surface area contributed by atoms with Crippen LogP contribution in [0.25, 0.3) is 11.3 Å². The number of rotatable bonds is 1. The third kappa shape index (κ3) is 3.93. The predicted octanol–water partition coefficient (Wildman–Crippen LogP) is 6.00. The lowest BCUT2D eigenvalue weighted by Gasteiger charge is -2.28. The zero-order chi connectivity index (χ0) is 18.4. The van der Waals surface area contributed by atoms with Crippen LogP contribution in [-0.4, -0.2) is 14.7 Å². The van der Waals surface area contributed by atoms with E-state index in [4.69, 9.17) is 4.98 Å². The van der Waals surface area contributed by atoms with Gasteiger partial charge in [-0.1, -0.05) is 48.0 Å².